The molecular formula is C12H10N4O2. The number of H-pyrrole nitrogens is 2. The van der Waals surface area contributed by atoms with Crippen molar-refractivity contribution in [1.29, 1.82) is 0 Å². The van der Waals surface area contributed by atoms with Crippen molar-refractivity contribution in [2.45, 2.75) is 6.92 Å². The van der Waals surface area contributed by atoms with Gasteiger partial charge in [0.1, 0.15) is 11.3 Å². The van der Waals surface area contributed by atoms with Crippen LogP contribution in [0.1, 0.15) is 16.2 Å². The van der Waals surface area contributed by atoms with Gasteiger partial charge in [-0.2, -0.15) is 0 Å². The van der Waals surface area contributed by atoms with Crippen molar-refractivity contribution in [3.8, 4) is 11.4 Å². The minimum Gasteiger partial charge on any atom is -0.310 e. The number of carbonyl (C=O) groups excluding carboxylic acids is 1. The quantitative estimate of drug-likeness (QED) is 0.661. The van der Waals surface area contributed by atoms with Gasteiger partial charge in [-0.25, -0.2) is 9.78 Å². The van der Waals surface area contributed by atoms with Crippen LogP contribution in [-0.4, -0.2) is 25.6 Å². The fourth-order valence-electron chi connectivity index (χ4n) is 1.98. The van der Waals surface area contributed by atoms with Crippen LogP contribution in [0.4, 0.5) is 0 Å². The van der Waals surface area contributed by atoms with Crippen LogP contribution in [0.2, 0.25) is 0 Å². The van der Waals surface area contributed by atoms with E-state index in [9.17, 15) is 9.59 Å². The number of carbonyl (C=O) groups is 1. The number of nitrogens with zero attached hydrogens (tertiary/aromatic N) is 2. The highest BCUT2D eigenvalue weighted by atomic mass is 16.1. The first-order valence-electron chi connectivity index (χ1n) is 5.41. The van der Waals surface area contributed by atoms with Gasteiger partial charge in [0.15, 0.2) is 6.29 Å². The first kappa shape index (κ1) is 10.5. The van der Waals surface area contributed by atoms with Gasteiger partial charge in [0.05, 0.1) is 11.4 Å². The van der Waals surface area contributed by atoms with Crippen molar-refractivity contribution in [3.05, 3.63) is 46.3 Å². The van der Waals surface area contributed by atoms with Crippen molar-refractivity contribution < 1.29 is 4.79 Å². The molecule has 0 aliphatic carbocycles. The van der Waals surface area contributed by atoms with Crippen LogP contribution in [0, 0.1) is 6.92 Å². The molecule has 0 fully saturated rings. The van der Waals surface area contributed by atoms with E-state index in [1.165, 1.54) is 0 Å². The maximum Gasteiger partial charge on any atom is 0.323 e. The van der Waals surface area contributed by atoms with Gasteiger partial charge in [-0.05, 0) is 19.1 Å². The summed E-state index contributed by atoms with van der Waals surface area (Å²) in [5, 5.41) is 0. The SMILES string of the molecule is Cc1[nH]c(=O)[nH]c1-c1cn2c(C=O)cccc2n1. The van der Waals surface area contributed by atoms with Gasteiger partial charge < -0.3 is 9.97 Å². The Bertz CT molecular complexity index is 794. The highest BCUT2D eigenvalue weighted by Gasteiger charge is 2.11. The van der Waals surface area contributed by atoms with Gasteiger partial charge in [0, 0.05) is 11.9 Å². The Balaban J connectivity index is 2.28. The molecule has 3 aromatic heterocycles. The highest BCUT2D eigenvalue weighted by molar-refractivity contribution is 5.75. The molecule has 2 N–H and O–H groups in total. The fourth-order valence-corrected chi connectivity index (χ4v) is 1.98. The first-order valence-corrected chi connectivity index (χ1v) is 5.41. The maximum absolute atomic E-state index is 11.2. The summed E-state index contributed by atoms with van der Waals surface area (Å²) in [4.78, 5) is 31.9. The predicted octanol–water partition coefficient (Wildman–Crippen LogP) is 1.14. The lowest BCUT2D eigenvalue weighted by Crippen LogP contribution is -2.00. The second kappa shape index (κ2) is 3.69. The van der Waals surface area contributed by atoms with Gasteiger partial charge in [0.25, 0.3) is 0 Å². The molecule has 0 saturated heterocycles. The Kier molecular flexibility index (Phi) is 2.16. The maximum atomic E-state index is 11.2. The van der Waals surface area contributed by atoms with Gasteiger partial charge in [0.2, 0.25) is 0 Å². The Morgan fingerprint density at radius 1 is 1.33 bits per heavy atom. The van der Waals surface area contributed by atoms with E-state index in [0.29, 0.717) is 22.7 Å². The van der Waals surface area contributed by atoms with E-state index < -0.39 is 0 Å². The minimum absolute atomic E-state index is 0.268. The van der Waals surface area contributed by atoms with E-state index in [0.717, 1.165) is 12.0 Å². The van der Waals surface area contributed by atoms with Gasteiger partial charge in [-0.1, -0.05) is 6.07 Å². The first-order chi connectivity index (χ1) is 8.69. The number of hydrogen-bond donors (Lipinski definition) is 2. The van der Waals surface area contributed by atoms with Crippen LogP contribution >= 0.6 is 0 Å². The Hall–Kier alpha value is -2.63. The molecule has 0 bridgehead atoms. The average molecular weight is 242 g/mol. The van der Waals surface area contributed by atoms with E-state index in [-0.39, 0.29) is 5.69 Å². The van der Waals surface area contributed by atoms with Crippen molar-refractivity contribution in [3.63, 3.8) is 0 Å². The van der Waals surface area contributed by atoms with Crippen molar-refractivity contribution >= 4 is 11.9 Å². The summed E-state index contributed by atoms with van der Waals surface area (Å²) in [6.07, 6.45) is 2.50. The molecule has 3 heterocycles. The third kappa shape index (κ3) is 1.46. The zero-order chi connectivity index (χ0) is 12.7. The summed E-state index contributed by atoms with van der Waals surface area (Å²) in [6, 6.07) is 5.28. The van der Waals surface area contributed by atoms with E-state index in [1.54, 1.807) is 35.7 Å². The zero-order valence-corrected chi connectivity index (χ0v) is 9.60. The smallest absolute Gasteiger partial charge is 0.310 e. The van der Waals surface area contributed by atoms with Crippen molar-refractivity contribution in [2.24, 2.45) is 0 Å². The van der Waals surface area contributed by atoms with E-state index in [4.69, 9.17) is 0 Å². The number of imidazole rings is 2. The average Bonchev–Trinajstić information content (AvgIpc) is 2.91. The number of aromatic amines is 2. The summed E-state index contributed by atoms with van der Waals surface area (Å²) >= 11 is 0. The number of pyridine rings is 1. The normalized spacial score (nSPS) is 10.9. The largest absolute Gasteiger partial charge is 0.323 e. The summed E-state index contributed by atoms with van der Waals surface area (Å²) in [6.45, 7) is 1.79. The van der Waals surface area contributed by atoms with Crippen LogP contribution in [-0.2, 0) is 0 Å². The molecule has 0 unspecified atom stereocenters. The molecule has 3 aromatic rings. The Morgan fingerprint density at radius 2 is 2.17 bits per heavy atom. The molecule has 0 saturated carbocycles. The van der Waals surface area contributed by atoms with Crippen molar-refractivity contribution in [2.75, 3.05) is 0 Å². The summed E-state index contributed by atoms with van der Waals surface area (Å²) in [5.41, 5.74) is 2.89. The lowest BCUT2D eigenvalue weighted by atomic mass is 10.3. The third-order valence-corrected chi connectivity index (χ3v) is 2.82. The van der Waals surface area contributed by atoms with Gasteiger partial charge in [-0.15, -0.1) is 0 Å². The molecule has 90 valence electrons. The third-order valence-electron chi connectivity index (χ3n) is 2.82. The number of aldehydes is 1. The number of aromatic nitrogens is 4. The Labute approximate surface area is 101 Å². The molecule has 3 rings (SSSR count). The van der Waals surface area contributed by atoms with Crippen LogP contribution in [0.5, 0.6) is 0 Å². The number of nitrogens with one attached hydrogen (secondary N) is 2. The van der Waals surface area contributed by atoms with E-state index in [2.05, 4.69) is 15.0 Å². The Morgan fingerprint density at radius 3 is 2.83 bits per heavy atom. The summed E-state index contributed by atoms with van der Waals surface area (Å²) < 4.78 is 1.69. The lowest BCUT2D eigenvalue weighted by Gasteiger charge is -1.94. The minimum atomic E-state index is -0.268. The second-order valence-corrected chi connectivity index (χ2v) is 4.00. The molecule has 0 amide bonds. The zero-order valence-electron chi connectivity index (χ0n) is 9.60. The standard InChI is InChI=1S/C12H10N4O2/c1-7-11(15-12(18)13-7)9-5-16-8(6-17)3-2-4-10(16)14-9/h2-6H,1H3,(H2,13,15,18). The summed E-state index contributed by atoms with van der Waals surface area (Å²) in [5.74, 6) is 0. The monoisotopic (exact) mass is 242 g/mol. The molecule has 6 nitrogen and oxygen atoms in total. The van der Waals surface area contributed by atoms with Crippen molar-refractivity contribution in [1.82, 2.24) is 19.4 Å². The second-order valence-electron chi connectivity index (χ2n) is 4.00. The van der Waals surface area contributed by atoms with Gasteiger partial charge >= 0.3 is 5.69 Å². The predicted molar refractivity (Wildman–Crippen MR) is 65.7 cm³/mol. The molecule has 0 spiro atoms. The molecule has 0 aliphatic heterocycles. The molecule has 0 radical (unpaired) electrons. The molecule has 0 aliphatic rings. The van der Waals surface area contributed by atoms with Gasteiger partial charge in [-0.3, -0.25) is 9.20 Å². The van der Waals surface area contributed by atoms with Crippen LogP contribution in [0.3, 0.4) is 0 Å². The van der Waals surface area contributed by atoms with E-state index in [1.807, 2.05) is 0 Å². The van der Waals surface area contributed by atoms with Crippen LogP contribution < -0.4 is 5.69 Å². The molecule has 0 atom stereocenters. The topological polar surface area (TPSA) is 83.0 Å². The van der Waals surface area contributed by atoms with Crippen LogP contribution in [0.25, 0.3) is 17.0 Å². The number of hydrogen-bond acceptors (Lipinski definition) is 3. The highest BCUT2D eigenvalue weighted by Crippen LogP contribution is 2.19. The number of rotatable bonds is 2. The van der Waals surface area contributed by atoms with Crippen LogP contribution in [0.15, 0.2) is 29.2 Å². The molecular weight excluding hydrogens is 232 g/mol. The molecule has 6 heteroatoms. The molecule has 18 heavy (non-hydrogen) atoms. The fraction of sp³-hybridized carbons (Fsp3) is 0.0833. The number of fused-ring (bicyclic) bond motifs is 1. The molecule has 0 aromatic carbocycles. The van der Waals surface area contributed by atoms with E-state index >= 15 is 0 Å². The summed E-state index contributed by atoms with van der Waals surface area (Å²) in [7, 11) is 0. The lowest BCUT2D eigenvalue weighted by molar-refractivity contribution is 0.111. The number of aryl methyl sites for hydroxylation is 1.